The molecule has 0 heterocycles. The fourth-order valence-electron chi connectivity index (χ4n) is 15.3. The van der Waals surface area contributed by atoms with Gasteiger partial charge in [-0.3, -0.25) is 0 Å². The van der Waals surface area contributed by atoms with E-state index in [0.29, 0.717) is 65.7 Å². The van der Waals surface area contributed by atoms with E-state index >= 15 is 0 Å². The Labute approximate surface area is 568 Å². The summed E-state index contributed by atoms with van der Waals surface area (Å²) in [6.07, 6.45) is 0. The Balaban J connectivity index is 0.000000156. The number of rotatable bonds is 10. The Morgan fingerprint density at radius 3 is 0.750 bits per heavy atom. The number of fused-ring (bicyclic) bond motifs is 14. The van der Waals surface area contributed by atoms with E-state index in [1.165, 1.54) is 122 Å². The highest BCUT2D eigenvalue weighted by Crippen LogP contribution is 2.58. The fourth-order valence-corrected chi connectivity index (χ4v) is 16.3. The normalized spacial score (nSPS) is 12.5. The lowest BCUT2D eigenvalue weighted by Crippen LogP contribution is -2.28. The van der Waals surface area contributed by atoms with E-state index in [1.54, 1.807) is 121 Å². The summed E-state index contributed by atoms with van der Waals surface area (Å²) in [5.41, 5.74) is -3.43. The monoisotopic (exact) mass is 1360 g/mol. The molecule has 14 heteroatoms. The van der Waals surface area contributed by atoms with Crippen molar-refractivity contribution >= 4 is 128 Å². The molecule has 18 aromatic rings. The second-order valence-electron chi connectivity index (χ2n) is 24.6. The van der Waals surface area contributed by atoms with Crippen molar-refractivity contribution in [3.05, 3.63) is 303 Å². The van der Waals surface area contributed by atoms with Gasteiger partial charge in [0.25, 0.3) is 0 Å². The van der Waals surface area contributed by atoms with Gasteiger partial charge in [0.05, 0.1) is 0 Å². The molecule has 0 aliphatic rings. The number of hydrogen-bond acceptors (Lipinski definition) is 6. The summed E-state index contributed by atoms with van der Waals surface area (Å²) >= 11 is 0. The number of halogens is 6. The van der Waals surface area contributed by atoms with E-state index in [1.807, 2.05) is 0 Å². The van der Waals surface area contributed by atoms with Crippen LogP contribution in [-0.2, 0) is 20.2 Å². The lowest BCUT2D eigenvalue weighted by molar-refractivity contribution is -0.0504. The molecule has 0 aromatic heterocycles. The van der Waals surface area contributed by atoms with Crippen molar-refractivity contribution in [2.75, 3.05) is 0 Å². The summed E-state index contributed by atoms with van der Waals surface area (Å²) in [5, 5.41) is 21.9. The molecule has 484 valence electrons. The number of benzene rings is 16. The maximum Gasteiger partial charge on any atom is 0.534 e. The van der Waals surface area contributed by atoms with Gasteiger partial charge in [-0.05, 0) is 164 Å². The molecule has 0 fully saturated rings. The third kappa shape index (κ3) is 9.67. The van der Waals surface area contributed by atoms with Gasteiger partial charge in [0.2, 0.25) is 0 Å². The zero-order valence-electron chi connectivity index (χ0n) is 52.4. The van der Waals surface area contributed by atoms with Crippen LogP contribution in [0, 0.1) is 0 Å². The molecule has 0 amide bonds. The average molecular weight is 1360 g/mol. The van der Waals surface area contributed by atoms with Crippen molar-refractivity contribution in [2.24, 2.45) is 0 Å². The van der Waals surface area contributed by atoms with E-state index in [0.717, 1.165) is 12.1 Å². The van der Waals surface area contributed by atoms with E-state index < -0.39 is 42.8 Å². The molecule has 0 unspecified atom stereocenters. The van der Waals surface area contributed by atoms with Gasteiger partial charge in [0.15, 0.2) is 11.5 Å². The number of para-hydroxylation sites is 2. The maximum absolute atomic E-state index is 13.8. The van der Waals surface area contributed by atoms with Crippen LogP contribution in [-0.4, -0.2) is 27.9 Å². The minimum atomic E-state index is -6.12. The maximum atomic E-state index is 13.8. The molecule has 6 nitrogen and oxygen atoms in total. The number of hydrogen-bond donors (Lipinski definition) is 0. The standard InChI is InChI=1S/C44H26F6O6S2.C42H24/c45-43(46,47)57(51,52)55-35-25-13-11-23-33(35)39-29-19-7-10-22-32(29)42-38(28-17-5-2-6-18-28)40(34-24-12-14-26-36(34)56-58(53,54)44(48,49)50)30-20-8-9-21-31(30)41(42)37(39)27-15-3-1-4-16-27;1-3-13-25(14-4-1)35-39-31-19-9-7-17-27(31)29-21-12-24-34(37(29)39)42-36(26-15-5-2-6-16-26)40-32-20-10-8-18-28(32)30-22-11-23-33(38(30)40)41(35)42/h1-26H;1-24H. The third-order valence-electron chi connectivity index (χ3n) is 19.1. The van der Waals surface area contributed by atoms with Crippen LogP contribution in [0.15, 0.2) is 303 Å². The Kier molecular flexibility index (Phi) is 14.5. The highest BCUT2D eigenvalue weighted by molar-refractivity contribution is 7.88. The minimum absolute atomic E-state index is 0.0257. The first-order valence-corrected chi connectivity index (χ1v) is 34.9. The van der Waals surface area contributed by atoms with Gasteiger partial charge in [-0.2, -0.15) is 43.2 Å². The molecule has 18 aromatic carbocycles. The zero-order chi connectivity index (χ0) is 68.4. The van der Waals surface area contributed by atoms with Crippen molar-refractivity contribution in [3.8, 4) is 78.3 Å². The molecular formula is C86H50F6O6S2. The van der Waals surface area contributed by atoms with Crippen LogP contribution in [0.3, 0.4) is 0 Å². The van der Waals surface area contributed by atoms with E-state index in [9.17, 15) is 43.2 Å². The predicted octanol–water partition coefficient (Wildman–Crippen LogP) is 24.2. The highest BCUT2D eigenvalue weighted by Gasteiger charge is 2.50. The van der Waals surface area contributed by atoms with Gasteiger partial charge in [-0.15, -0.1) is 0 Å². The lowest BCUT2D eigenvalue weighted by atomic mass is 9.78. The largest absolute Gasteiger partial charge is 0.534 e. The van der Waals surface area contributed by atoms with Crippen LogP contribution in [0.1, 0.15) is 0 Å². The van der Waals surface area contributed by atoms with Crippen LogP contribution < -0.4 is 8.37 Å². The molecular weight excluding hydrogens is 1310 g/mol. The lowest BCUT2D eigenvalue weighted by Gasteiger charge is -2.26. The molecule has 0 radical (unpaired) electrons. The van der Waals surface area contributed by atoms with Crippen molar-refractivity contribution in [1.29, 1.82) is 0 Å². The number of alkyl halides is 6. The predicted molar refractivity (Wildman–Crippen MR) is 394 cm³/mol. The Morgan fingerprint density at radius 1 is 0.200 bits per heavy atom. The van der Waals surface area contributed by atoms with Crippen LogP contribution >= 0.6 is 0 Å². The minimum Gasteiger partial charge on any atom is -0.375 e. The summed E-state index contributed by atoms with van der Waals surface area (Å²) in [7, 11) is -12.2. The fraction of sp³-hybridized carbons (Fsp3) is 0.0233. The average Bonchev–Trinajstić information content (AvgIpc) is 1.41. The summed E-state index contributed by atoms with van der Waals surface area (Å²) in [6.45, 7) is 0. The molecule has 0 aliphatic carbocycles. The van der Waals surface area contributed by atoms with E-state index in [-0.39, 0.29) is 11.1 Å². The summed E-state index contributed by atoms with van der Waals surface area (Å²) in [4.78, 5) is 0. The molecule has 0 bridgehead atoms. The van der Waals surface area contributed by atoms with Gasteiger partial charge in [-0.25, -0.2) is 0 Å². The molecule has 18 rings (SSSR count). The second kappa shape index (κ2) is 23.4. The summed E-state index contributed by atoms with van der Waals surface area (Å²) in [5.74, 6) is -1.16. The smallest absolute Gasteiger partial charge is 0.375 e. The van der Waals surface area contributed by atoms with Crippen molar-refractivity contribution in [3.63, 3.8) is 0 Å². The summed E-state index contributed by atoms with van der Waals surface area (Å²) in [6, 6.07) is 96.6. The summed E-state index contributed by atoms with van der Waals surface area (Å²) < 4.78 is 142. The Hall–Kier alpha value is -11.8. The van der Waals surface area contributed by atoms with Gasteiger partial charge < -0.3 is 8.37 Å². The van der Waals surface area contributed by atoms with Gasteiger partial charge in [-0.1, -0.05) is 291 Å². The molecule has 0 aliphatic heterocycles. The molecule has 0 spiro atoms. The SMILES string of the molecule is O=S(=O)(Oc1ccccc1-c1c(-c2ccccc2)c2c3ccccc3c(-c3ccccc3OS(=O)(=O)C(F)(F)F)c(-c3ccccc3)c2c2ccccc12)C(F)(F)F.c1ccc(-c2c3c4cccc5c6ccccc6c(c(-c6ccccc6)c3c3cccc6c7ccccc7c2c63)c54)cc1. The molecule has 0 N–H and O–H groups in total. The zero-order valence-corrected chi connectivity index (χ0v) is 54.0. The third-order valence-corrected chi connectivity index (χ3v) is 21.0. The van der Waals surface area contributed by atoms with Gasteiger partial charge in [0.1, 0.15) is 0 Å². The van der Waals surface area contributed by atoms with Crippen molar-refractivity contribution < 1.29 is 51.5 Å². The topological polar surface area (TPSA) is 86.7 Å². The van der Waals surface area contributed by atoms with Crippen LogP contribution in [0.5, 0.6) is 11.5 Å². The van der Waals surface area contributed by atoms with Gasteiger partial charge in [0, 0.05) is 22.3 Å². The first kappa shape index (κ1) is 61.7. The molecule has 100 heavy (non-hydrogen) atoms. The van der Waals surface area contributed by atoms with Gasteiger partial charge >= 0.3 is 31.3 Å². The Bertz CT molecular complexity index is 6170. The molecule has 0 saturated heterocycles. The first-order valence-electron chi connectivity index (χ1n) is 32.0. The van der Waals surface area contributed by atoms with E-state index in [4.69, 9.17) is 8.37 Å². The molecule has 0 saturated carbocycles. The van der Waals surface area contributed by atoms with E-state index in [2.05, 4.69) is 146 Å². The Morgan fingerprint density at radius 2 is 0.420 bits per heavy atom. The van der Waals surface area contributed by atoms with Crippen molar-refractivity contribution in [2.45, 2.75) is 11.0 Å². The van der Waals surface area contributed by atoms with Crippen LogP contribution in [0.25, 0.3) is 174 Å². The highest BCUT2D eigenvalue weighted by atomic mass is 32.2. The van der Waals surface area contributed by atoms with Crippen molar-refractivity contribution in [1.82, 2.24) is 0 Å². The van der Waals surface area contributed by atoms with Crippen LogP contribution in [0.2, 0.25) is 0 Å². The van der Waals surface area contributed by atoms with Crippen LogP contribution in [0.4, 0.5) is 26.3 Å². The first-order chi connectivity index (χ1) is 48.5. The molecule has 0 atom stereocenters. The second-order valence-corrected chi connectivity index (χ2v) is 27.6. The quantitative estimate of drug-likeness (QED) is 0.0587.